The Morgan fingerprint density at radius 1 is 1.24 bits per heavy atom. The third-order valence-electron chi connectivity index (χ3n) is 2.16. The number of nitriles is 1. The minimum Gasteiger partial charge on any atom is -0.449 e. The summed E-state index contributed by atoms with van der Waals surface area (Å²) in [6, 6.07) is 13.5. The molecule has 0 saturated carbocycles. The molecule has 0 spiro atoms. The highest BCUT2D eigenvalue weighted by molar-refractivity contribution is 9.13. The molecule has 0 amide bonds. The second-order valence-electron chi connectivity index (χ2n) is 3.31. The number of nitrogens with zero attached hydrogens (tertiary/aromatic N) is 1. The van der Waals surface area contributed by atoms with Gasteiger partial charge in [0, 0.05) is 0 Å². The van der Waals surface area contributed by atoms with Crippen molar-refractivity contribution in [2.45, 2.75) is 0 Å². The van der Waals surface area contributed by atoms with Crippen molar-refractivity contribution >= 4 is 43.5 Å². The summed E-state index contributed by atoms with van der Waals surface area (Å²) in [4.78, 5) is 0. The number of hydrogen-bond donors (Lipinski definition) is 0. The molecule has 2 aromatic rings. The fraction of sp³-hybridized carbons (Fsp3) is 0. The summed E-state index contributed by atoms with van der Waals surface area (Å²) in [6.07, 6.45) is 1.71. The molecule has 1 aromatic heterocycles. The maximum Gasteiger partial charge on any atom is 0.184 e. The number of hydrogen-bond acceptors (Lipinski definition) is 2. The lowest BCUT2D eigenvalue weighted by molar-refractivity contribution is 0.530. The van der Waals surface area contributed by atoms with E-state index in [-0.39, 0.29) is 0 Å². The highest BCUT2D eigenvalue weighted by atomic mass is 79.9. The Morgan fingerprint density at radius 3 is 2.47 bits per heavy atom. The van der Waals surface area contributed by atoms with Crippen molar-refractivity contribution in [2.75, 3.05) is 0 Å². The number of halogens is 2. The Hall–Kier alpha value is -1.31. The van der Waals surface area contributed by atoms with E-state index in [1.807, 2.05) is 36.4 Å². The van der Waals surface area contributed by atoms with E-state index in [0.717, 1.165) is 10.0 Å². The number of benzene rings is 1. The molecule has 0 saturated heterocycles. The first-order valence-corrected chi connectivity index (χ1v) is 6.41. The van der Waals surface area contributed by atoms with Gasteiger partial charge >= 0.3 is 0 Å². The van der Waals surface area contributed by atoms with E-state index < -0.39 is 0 Å². The third-order valence-corrected chi connectivity index (χ3v) is 3.87. The van der Waals surface area contributed by atoms with Gasteiger partial charge in [0.1, 0.15) is 5.76 Å². The van der Waals surface area contributed by atoms with Crippen LogP contribution in [0.1, 0.15) is 11.3 Å². The van der Waals surface area contributed by atoms with Gasteiger partial charge in [0.15, 0.2) is 4.67 Å². The summed E-state index contributed by atoms with van der Waals surface area (Å²) in [7, 11) is 0. The molecule has 0 aliphatic carbocycles. The average molecular weight is 353 g/mol. The Kier molecular flexibility index (Phi) is 3.82. The van der Waals surface area contributed by atoms with Gasteiger partial charge in [-0.15, -0.1) is 0 Å². The second kappa shape index (κ2) is 5.35. The Balaban J connectivity index is 2.41. The van der Waals surface area contributed by atoms with E-state index >= 15 is 0 Å². The van der Waals surface area contributed by atoms with Crippen molar-refractivity contribution in [3.8, 4) is 6.07 Å². The molecule has 0 bridgehead atoms. The Morgan fingerprint density at radius 2 is 1.94 bits per heavy atom. The van der Waals surface area contributed by atoms with Gasteiger partial charge in [-0.1, -0.05) is 30.3 Å². The van der Waals surface area contributed by atoms with Crippen LogP contribution in [0, 0.1) is 11.3 Å². The van der Waals surface area contributed by atoms with Crippen LogP contribution in [0.5, 0.6) is 0 Å². The van der Waals surface area contributed by atoms with Gasteiger partial charge in [-0.25, -0.2) is 0 Å². The molecule has 1 heterocycles. The molecule has 0 aliphatic heterocycles. The van der Waals surface area contributed by atoms with Gasteiger partial charge in [0.25, 0.3) is 0 Å². The van der Waals surface area contributed by atoms with Crippen LogP contribution in [0.15, 0.2) is 50.0 Å². The van der Waals surface area contributed by atoms with Gasteiger partial charge in [-0.05, 0) is 49.6 Å². The molecule has 4 heteroatoms. The van der Waals surface area contributed by atoms with Crippen molar-refractivity contribution < 1.29 is 4.42 Å². The summed E-state index contributed by atoms with van der Waals surface area (Å²) in [5.41, 5.74) is 1.44. The lowest BCUT2D eigenvalue weighted by Gasteiger charge is -1.96. The number of furan rings is 1. The van der Waals surface area contributed by atoms with Crippen LogP contribution < -0.4 is 0 Å². The normalized spacial score (nSPS) is 11.2. The molecule has 17 heavy (non-hydrogen) atoms. The largest absolute Gasteiger partial charge is 0.449 e. The molecule has 0 N–H and O–H groups in total. The van der Waals surface area contributed by atoms with E-state index in [1.54, 1.807) is 6.08 Å². The summed E-state index contributed by atoms with van der Waals surface area (Å²) in [5, 5.41) is 9.13. The van der Waals surface area contributed by atoms with E-state index in [0.29, 0.717) is 16.0 Å². The maximum absolute atomic E-state index is 9.13. The number of allylic oxidation sites excluding steroid dienone is 1. The van der Waals surface area contributed by atoms with Crippen molar-refractivity contribution in [1.29, 1.82) is 5.26 Å². The predicted molar refractivity (Wildman–Crippen MR) is 74.0 cm³/mol. The molecule has 0 atom stereocenters. The van der Waals surface area contributed by atoms with Crippen LogP contribution in [0.2, 0.25) is 0 Å². The van der Waals surface area contributed by atoms with Crippen molar-refractivity contribution in [1.82, 2.24) is 0 Å². The minimum atomic E-state index is 0.569. The van der Waals surface area contributed by atoms with Crippen LogP contribution in [-0.2, 0) is 0 Å². The molecule has 0 aliphatic rings. The first kappa shape index (κ1) is 12.2. The van der Waals surface area contributed by atoms with Gasteiger partial charge in [0.05, 0.1) is 16.1 Å². The monoisotopic (exact) mass is 351 g/mol. The number of rotatable bonds is 2. The van der Waals surface area contributed by atoms with Crippen molar-refractivity contribution in [2.24, 2.45) is 0 Å². The zero-order valence-electron chi connectivity index (χ0n) is 8.65. The second-order valence-corrected chi connectivity index (χ2v) is 4.88. The van der Waals surface area contributed by atoms with Crippen molar-refractivity contribution in [3.63, 3.8) is 0 Å². The summed E-state index contributed by atoms with van der Waals surface area (Å²) >= 11 is 6.59. The van der Waals surface area contributed by atoms with E-state index in [4.69, 9.17) is 9.68 Å². The predicted octanol–water partition coefficient (Wildman–Crippen LogP) is 4.87. The summed E-state index contributed by atoms with van der Waals surface area (Å²) in [6.45, 7) is 0. The summed E-state index contributed by atoms with van der Waals surface area (Å²) in [5.74, 6) is 0.629. The van der Waals surface area contributed by atoms with E-state index in [9.17, 15) is 0 Å². The van der Waals surface area contributed by atoms with Gasteiger partial charge in [-0.2, -0.15) is 5.26 Å². The van der Waals surface area contributed by atoms with Crippen molar-refractivity contribution in [3.05, 3.63) is 56.9 Å². The molecule has 2 nitrogen and oxygen atoms in total. The van der Waals surface area contributed by atoms with Crippen LogP contribution in [-0.4, -0.2) is 0 Å². The van der Waals surface area contributed by atoms with Crippen LogP contribution in [0.25, 0.3) is 11.6 Å². The van der Waals surface area contributed by atoms with E-state index in [1.165, 1.54) is 0 Å². The molecule has 2 rings (SSSR count). The topological polar surface area (TPSA) is 36.9 Å². The molecule has 0 unspecified atom stereocenters. The van der Waals surface area contributed by atoms with Crippen LogP contribution >= 0.6 is 31.9 Å². The first-order valence-electron chi connectivity index (χ1n) is 4.83. The Labute approximate surface area is 116 Å². The summed E-state index contributed by atoms with van der Waals surface area (Å²) < 4.78 is 6.86. The molecule has 0 fully saturated rings. The van der Waals surface area contributed by atoms with Crippen LogP contribution in [0.4, 0.5) is 0 Å². The third kappa shape index (κ3) is 2.87. The highest BCUT2D eigenvalue weighted by Crippen LogP contribution is 2.29. The standard InChI is InChI=1S/C13H7Br2NO/c14-12-7-11(17-13(12)15)6-10(8-16)9-4-2-1-3-5-9/h1-7H. The lowest BCUT2D eigenvalue weighted by Crippen LogP contribution is -1.79. The first-order chi connectivity index (χ1) is 8.20. The fourth-order valence-corrected chi connectivity index (χ4v) is 1.98. The van der Waals surface area contributed by atoms with Gasteiger partial charge in [-0.3, -0.25) is 0 Å². The zero-order valence-corrected chi connectivity index (χ0v) is 11.8. The van der Waals surface area contributed by atoms with Gasteiger partial charge < -0.3 is 4.42 Å². The smallest absolute Gasteiger partial charge is 0.184 e. The average Bonchev–Trinajstić information content (AvgIpc) is 2.67. The molecular formula is C13H7Br2NO. The molecule has 1 aromatic carbocycles. The maximum atomic E-state index is 9.13. The fourth-order valence-electron chi connectivity index (χ4n) is 1.37. The molecule has 84 valence electrons. The van der Waals surface area contributed by atoms with Crippen LogP contribution in [0.3, 0.4) is 0 Å². The zero-order chi connectivity index (χ0) is 12.3. The minimum absolute atomic E-state index is 0.569. The highest BCUT2D eigenvalue weighted by Gasteiger charge is 2.06. The van der Waals surface area contributed by atoms with E-state index in [2.05, 4.69) is 37.9 Å². The lowest BCUT2D eigenvalue weighted by atomic mass is 10.1. The van der Waals surface area contributed by atoms with Gasteiger partial charge in [0.2, 0.25) is 0 Å². The Bertz CT molecular complexity index is 574. The molecular weight excluding hydrogens is 346 g/mol. The molecule has 0 radical (unpaired) electrons. The SMILES string of the molecule is N#CC(=Cc1cc(Br)c(Br)o1)c1ccccc1. The quantitative estimate of drug-likeness (QED) is 0.723.